The lowest BCUT2D eigenvalue weighted by Gasteiger charge is -2.09. The lowest BCUT2D eigenvalue weighted by Crippen LogP contribution is -2.24. The van der Waals surface area contributed by atoms with Gasteiger partial charge in [0.25, 0.3) is 0 Å². The summed E-state index contributed by atoms with van der Waals surface area (Å²) in [7, 11) is 0. The summed E-state index contributed by atoms with van der Waals surface area (Å²) in [5.41, 5.74) is 5.26. The molecule has 2 aromatic heterocycles. The fraction of sp³-hybridized carbons (Fsp3) is 0.125. The molecule has 6 heteroatoms. The molecule has 1 aromatic carbocycles. The highest BCUT2D eigenvalue weighted by atomic mass is 35.5. The van der Waals surface area contributed by atoms with E-state index in [-0.39, 0.29) is 5.76 Å². The van der Waals surface area contributed by atoms with Gasteiger partial charge in [0.1, 0.15) is 5.58 Å². The van der Waals surface area contributed by atoms with Gasteiger partial charge in [-0.2, -0.15) is 0 Å². The number of carbonyl (C=O) groups excluding carboxylic acids is 2. The van der Waals surface area contributed by atoms with E-state index in [1.165, 1.54) is 0 Å². The van der Waals surface area contributed by atoms with Gasteiger partial charge < -0.3 is 4.42 Å². The first-order chi connectivity index (χ1) is 10.5. The summed E-state index contributed by atoms with van der Waals surface area (Å²) in [4.78, 5) is 23.3. The molecule has 0 fully saturated rings. The van der Waals surface area contributed by atoms with Crippen LogP contribution in [0.1, 0.15) is 32.3 Å². The number of amides is 1. The van der Waals surface area contributed by atoms with Crippen LogP contribution < -0.4 is 5.43 Å². The predicted molar refractivity (Wildman–Crippen MR) is 84.2 cm³/mol. The fourth-order valence-electron chi connectivity index (χ4n) is 2.36. The molecular weight excluding hydrogens is 304 g/mol. The van der Waals surface area contributed by atoms with Crippen LogP contribution in [0.2, 0.25) is 5.02 Å². The van der Waals surface area contributed by atoms with Gasteiger partial charge in [0, 0.05) is 27.4 Å². The number of rotatable bonds is 3. The molecule has 5 nitrogen and oxygen atoms in total. The summed E-state index contributed by atoms with van der Waals surface area (Å²) in [6, 6.07) is 8.48. The third-order valence-electron chi connectivity index (χ3n) is 3.51. The molecule has 112 valence electrons. The molecule has 3 rings (SSSR count). The molecule has 0 aliphatic rings. The maximum Gasteiger partial charge on any atom is 0.305 e. The Kier molecular flexibility index (Phi) is 3.50. The van der Waals surface area contributed by atoms with Gasteiger partial charge in [-0.25, -0.2) is 0 Å². The fourth-order valence-corrected chi connectivity index (χ4v) is 2.54. The molecule has 0 aliphatic carbocycles. The van der Waals surface area contributed by atoms with Gasteiger partial charge in [0.15, 0.2) is 12.0 Å². The van der Waals surface area contributed by atoms with Crippen LogP contribution in [0.25, 0.3) is 11.0 Å². The summed E-state index contributed by atoms with van der Waals surface area (Å²) in [6.45, 7) is 3.56. The molecular formula is C16H13ClN2O3. The van der Waals surface area contributed by atoms with Crippen molar-refractivity contribution in [2.45, 2.75) is 13.8 Å². The second kappa shape index (κ2) is 5.35. The summed E-state index contributed by atoms with van der Waals surface area (Å²) in [6.07, 6.45) is 0.758. The number of hydrogen-bond donors (Lipinski definition) is 1. The monoisotopic (exact) mass is 316 g/mol. The molecule has 22 heavy (non-hydrogen) atoms. The van der Waals surface area contributed by atoms with E-state index in [9.17, 15) is 9.59 Å². The first-order valence-corrected chi connectivity index (χ1v) is 7.02. The molecule has 0 atom stereocenters. The average Bonchev–Trinajstić information content (AvgIpc) is 3.02. The highest BCUT2D eigenvalue weighted by molar-refractivity contribution is 6.31. The van der Waals surface area contributed by atoms with Crippen LogP contribution in [0.3, 0.4) is 0 Å². The largest absolute Gasteiger partial charge is 0.451 e. The zero-order valence-corrected chi connectivity index (χ0v) is 12.8. The lowest BCUT2D eigenvalue weighted by atomic mass is 10.2. The van der Waals surface area contributed by atoms with Crippen molar-refractivity contribution in [3.8, 4) is 0 Å². The van der Waals surface area contributed by atoms with Crippen molar-refractivity contribution in [1.82, 2.24) is 4.68 Å². The van der Waals surface area contributed by atoms with Gasteiger partial charge in [0.05, 0.1) is 0 Å². The molecule has 0 aliphatic heterocycles. The van der Waals surface area contributed by atoms with Crippen LogP contribution in [-0.4, -0.2) is 16.9 Å². The van der Waals surface area contributed by atoms with E-state index < -0.39 is 5.91 Å². The van der Waals surface area contributed by atoms with Gasteiger partial charge in [-0.3, -0.25) is 19.7 Å². The number of nitrogens with zero attached hydrogens (tertiary/aromatic N) is 1. The maximum absolute atomic E-state index is 12.3. The third kappa shape index (κ3) is 2.40. The van der Waals surface area contributed by atoms with Crippen molar-refractivity contribution in [1.29, 1.82) is 0 Å². The van der Waals surface area contributed by atoms with Crippen molar-refractivity contribution in [3.05, 3.63) is 58.1 Å². The highest BCUT2D eigenvalue weighted by Crippen LogP contribution is 2.23. The van der Waals surface area contributed by atoms with Gasteiger partial charge in [0.2, 0.25) is 0 Å². The number of fused-ring (bicyclic) bond motifs is 1. The number of aryl methyl sites for hydroxylation is 1. The van der Waals surface area contributed by atoms with Crippen molar-refractivity contribution in [2.24, 2.45) is 0 Å². The number of carbonyl (C=O) groups is 2. The van der Waals surface area contributed by atoms with E-state index in [1.807, 2.05) is 0 Å². The Morgan fingerprint density at radius 3 is 2.73 bits per heavy atom. The number of halogens is 1. The van der Waals surface area contributed by atoms with E-state index in [0.29, 0.717) is 21.9 Å². The minimum absolute atomic E-state index is 0.178. The quantitative estimate of drug-likeness (QED) is 0.749. The number of hydrogen-bond acceptors (Lipinski definition) is 3. The van der Waals surface area contributed by atoms with Crippen LogP contribution in [0, 0.1) is 13.8 Å². The highest BCUT2D eigenvalue weighted by Gasteiger charge is 2.16. The summed E-state index contributed by atoms with van der Waals surface area (Å²) < 4.78 is 7.08. The Morgan fingerprint density at radius 2 is 2.05 bits per heavy atom. The van der Waals surface area contributed by atoms with Crippen LogP contribution in [0.15, 0.2) is 34.7 Å². The second-order valence-electron chi connectivity index (χ2n) is 5.01. The Labute approximate surface area is 131 Å². The Hall–Kier alpha value is -2.53. The zero-order valence-electron chi connectivity index (χ0n) is 12.0. The molecule has 3 aromatic rings. The summed E-state index contributed by atoms with van der Waals surface area (Å²) in [5, 5.41) is 1.33. The molecule has 0 bridgehead atoms. The number of nitrogens with one attached hydrogen (secondary N) is 1. The van der Waals surface area contributed by atoms with Crippen LogP contribution in [0.5, 0.6) is 0 Å². The molecule has 0 saturated carbocycles. The lowest BCUT2D eigenvalue weighted by molar-refractivity contribution is 0.0982. The molecule has 0 unspecified atom stereocenters. The number of furan rings is 1. The van der Waals surface area contributed by atoms with Crippen LogP contribution >= 0.6 is 11.6 Å². The van der Waals surface area contributed by atoms with E-state index in [1.54, 1.807) is 48.9 Å². The van der Waals surface area contributed by atoms with E-state index in [2.05, 4.69) is 5.43 Å². The number of benzene rings is 1. The topological polar surface area (TPSA) is 64.2 Å². The summed E-state index contributed by atoms with van der Waals surface area (Å²) in [5.74, 6) is -0.219. The Morgan fingerprint density at radius 1 is 1.27 bits per heavy atom. The van der Waals surface area contributed by atoms with Gasteiger partial charge in [-0.15, -0.1) is 0 Å². The predicted octanol–water partition coefficient (Wildman–Crippen LogP) is 3.70. The van der Waals surface area contributed by atoms with E-state index in [0.717, 1.165) is 17.4 Å². The van der Waals surface area contributed by atoms with Crippen LogP contribution in [0.4, 0.5) is 0 Å². The molecule has 0 radical (unpaired) electrons. The van der Waals surface area contributed by atoms with Crippen LogP contribution in [-0.2, 0) is 0 Å². The van der Waals surface area contributed by atoms with Crippen molar-refractivity contribution in [3.63, 3.8) is 0 Å². The van der Waals surface area contributed by atoms with Crippen molar-refractivity contribution < 1.29 is 14.0 Å². The average molecular weight is 317 g/mol. The number of aldehydes is 1. The minimum Gasteiger partial charge on any atom is -0.451 e. The first-order valence-electron chi connectivity index (χ1n) is 6.64. The minimum atomic E-state index is -0.397. The molecule has 1 N–H and O–H groups in total. The van der Waals surface area contributed by atoms with E-state index >= 15 is 0 Å². The Balaban J connectivity index is 1.93. The molecule has 0 spiro atoms. The molecule has 1 amide bonds. The second-order valence-corrected chi connectivity index (χ2v) is 5.45. The summed E-state index contributed by atoms with van der Waals surface area (Å²) >= 11 is 5.92. The van der Waals surface area contributed by atoms with Crippen molar-refractivity contribution >= 4 is 34.8 Å². The standard InChI is InChI=1S/C16H13ClN2O3/c1-9-5-12(8-20)10(2)19(9)18-16(21)15-7-11-6-13(17)3-4-14(11)22-15/h3-8H,1-2H3,(H,18,21). The Bertz CT molecular complexity index is 892. The first kappa shape index (κ1) is 14.4. The molecule has 2 heterocycles. The third-order valence-corrected chi connectivity index (χ3v) is 3.75. The van der Waals surface area contributed by atoms with Gasteiger partial charge >= 0.3 is 5.91 Å². The zero-order chi connectivity index (χ0) is 15.9. The smallest absolute Gasteiger partial charge is 0.305 e. The number of aromatic nitrogens is 1. The van der Waals surface area contributed by atoms with Gasteiger partial charge in [-0.05, 0) is 44.2 Å². The van der Waals surface area contributed by atoms with E-state index in [4.69, 9.17) is 16.0 Å². The molecule has 0 saturated heterocycles. The van der Waals surface area contributed by atoms with Crippen molar-refractivity contribution in [2.75, 3.05) is 5.43 Å². The SMILES string of the molecule is Cc1cc(C=O)c(C)n1NC(=O)c1cc2cc(Cl)ccc2o1. The maximum atomic E-state index is 12.3. The van der Waals surface area contributed by atoms with Gasteiger partial charge in [-0.1, -0.05) is 11.6 Å². The normalized spacial score (nSPS) is 10.9.